The Kier molecular flexibility index (Phi) is 6.15. The van der Waals surface area contributed by atoms with Gasteiger partial charge in [-0.25, -0.2) is 0 Å². The Morgan fingerprint density at radius 1 is 0.969 bits per heavy atom. The van der Waals surface area contributed by atoms with E-state index in [2.05, 4.69) is 12.1 Å². The third kappa shape index (κ3) is 4.31. The van der Waals surface area contributed by atoms with Gasteiger partial charge in [-0.1, -0.05) is 42.8 Å². The predicted molar refractivity (Wildman–Crippen MR) is 125 cm³/mol. The van der Waals surface area contributed by atoms with E-state index >= 15 is 0 Å². The summed E-state index contributed by atoms with van der Waals surface area (Å²) in [6.07, 6.45) is 6.56. The lowest BCUT2D eigenvalue weighted by atomic mass is 9.82. The minimum atomic E-state index is 0.147. The summed E-state index contributed by atoms with van der Waals surface area (Å²) in [6, 6.07) is 23.1. The molecule has 0 amide bonds. The highest BCUT2D eigenvalue weighted by Gasteiger charge is 2.23. The molecule has 1 fully saturated rings. The normalized spacial score (nSPS) is 13.2. The topological polar surface area (TPSA) is 73.9 Å². The molecule has 0 N–H and O–H groups in total. The van der Waals surface area contributed by atoms with Crippen LogP contribution in [-0.4, -0.2) is 12.9 Å². The molecule has 0 saturated heterocycles. The summed E-state index contributed by atoms with van der Waals surface area (Å²) in [6.45, 7) is 0. The van der Waals surface area contributed by atoms with Crippen molar-refractivity contribution in [1.29, 1.82) is 10.5 Å². The first-order valence-corrected chi connectivity index (χ1v) is 10.6. The molecule has 4 heteroatoms. The number of methoxy groups -OCH3 is 1. The summed E-state index contributed by atoms with van der Waals surface area (Å²) < 4.78 is 5.38. The van der Waals surface area contributed by atoms with Gasteiger partial charge in [0.25, 0.3) is 0 Å². The van der Waals surface area contributed by atoms with Crippen LogP contribution < -0.4 is 4.74 Å². The monoisotopic (exact) mass is 418 g/mol. The molecule has 0 heterocycles. The van der Waals surface area contributed by atoms with E-state index in [0.717, 1.165) is 47.1 Å². The molecule has 4 nitrogen and oxygen atoms in total. The molecular formula is C28H22N2O2. The van der Waals surface area contributed by atoms with Crippen LogP contribution in [0.15, 0.2) is 66.7 Å². The highest BCUT2D eigenvalue weighted by Crippen LogP contribution is 2.33. The van der Waals surface area contributed by atoms with Crippen LogP contribution >= 0.6 is 0 Å². The highest BCUT2D eigenvalue weighted by atomic mass is 16.5. The second-order valence-electron chi connectivity index (χ2n) is 7.88. The van der Waals surface area contributed by atoms with E-state index in [1.54, 1.807) is 25.3 Å². The van der Waals surface area contributed by atoms with Gasteiger partial charge in [-0.05, 0) is 77.1 Å². The molecule has 156 valence electrons. The van der Waals surface area contributed by atoms with Crippen LogP contribution in [0.3, 0.4) is 0 Å². The molecule has 0 aliphatic heterocycles. The summed E-state index contributed by atoms with van der Waals surface area (Å²) in [5, 5.41) is 19.0. The lowest BCUT2D eigenvalue weighted by Gasteiger charge is -2.22. The Morgan fingerprint density at radius 3 is 2.44 bits per heavy atom. The molecule has 0 spiro atoms. The van der Waals surface area contributed by atoms with Crippen molar-refractivity contribution in [2.45, 2.75) is 19.3 Å². The van der Waals surface area contributed by atoms with Crippen LogP contribution in [0.1, 0.15) is 36.0 Å². The smallest absolute Gasteiger partial charge is 0.158 e. The van der Waals surface area contributed by atoms with E-state index in [-0.39, 0.29) is 11.7 Å². The van der Waals surface area contributed by atoms with E-state index in [1.165, 1.54) is 0 Å². The van der Waals surface area contributed by atoms with Gasteiger partial charge < -0.3 is 4.74 Å². The lowest BCUT2D eigenvalue weighted by molar-refractivity contribution is -0.120. The zero-order valence-electron chi connectivity index (χ0n) is 17.8. The van der Waals surface area contributed by atoms with Gasteiger partial charge in [-0.2, -0.15) is 10.5 Å². The summed E-state index contributed by atoms with van der Waals surface area (Å²) >= 11 is 0. The number of ether oxygens (including phenoxy) is 1. The molecule has 4 rings (SSSR count). The number of allylic oxidation sites excluding steroid dienone is 1. The summed E-state index contributed by atoms with van der Waals surface area (Å²) in [7, 11) is 1.61. The Bertz CT molecular complexity index is 1290. The molecule has 0 bridgehead atoms. The fourth-order valence-electron chi connectivity index (χ4n) is 3.88. The van der Waals surface area contributed by atoms with E-state index < -0.39 is 0 Å². The van der Waals surface area contributed by atoms with E-state index in [1.807, 2.05) is 54.6 Å². The Labute approximate surface area is 188 Å². The van der Waals surface area contributed by atoms with Gasteiger partial charge in [0.2, 0.25) is 0 Å². The van der Waals surface area contributed by atoms with Crippen molar-refractivity contribution >= 4 is 11.9 Å². The number of hydrogen-bond donors (Lipinski definition) is 0. The number of nitriles is 2. The molecule has 0 atom stereocenters. The van der Waals surface area contributed by atoms with Crippen molar-refractivity contribution in [1.82, 2.24) is 0 Å². The Balaban J connectivity index is 1.74. The van der Waals surface area contributed by atoms with Crippen LogP contribution in [0.25, 0.3) is 28.3 Å². The maximum Gasteiger partial charge on any atom is 0.158 e. The largest absolute Gasteiger partial charge is 0.497 e. The number of benzene rings is 3. The number of carbonyl (C=O) groups excluding carboxylic acids is 1. The van der Waals surface area contributed by atoms with Crippen LogP contribution in [0.4, 0.5) is 0 Å². The number of rotatable bonds is 6. The molecule has 1 aliphatic rings. The zero-order valence-corrected chi connectivity index (χ0v) is 17.8. The van der Waals surface area contributed by atoms with Crippen molar-refractivity contribution in [3.05, 3.63) is 83.4 Å². The third-order valence-corrected chi connectivity index (χ3v) is 5.95. The first-order chi connectivity index (χ1) is 15.6. The van der Waals surface area contributed by atoms with E-state index in [9.17, 15) is 15.3 Å². The molecule has 3 aromatic rings. The minimum Gasteiger partial charge on any atom is -0.497 e. The molecule has 3 aromatic carbocycles. The summed E-state index contributed by atoms with van der Waals surface area (Å²) in [5.74, 6) is 1.01. The van der Waals surface area contributed by atoms with Crippen LogP contribution in [0.5, 0.6) is 5.75 Å². The molecule has 0 aromatic heterocycles. The first-order valence-electron chi connectivity index (χ1n) is 10.6. The molecule has 0 unspecified atom stereocenters. The summed E-state index contributed by atoms with van der Waals surface area (Å²) in [5.41, 5.74) is 5.33. The molecular weight excluding hydrogens is 396 g/mol. The zero-order chi connectivity index (χ0) is 22.5. The average molecular weight is 418 g/mol. The van der Waals surface area contributed by atoms with Gasteiger partial charge in [0, 0.05) is 5.92 Å². The maximum atomic E-state index is 12.4. The second kappa shape index (κ2) is 9.33. The molecule has 32 heavy (non-hydrogen) atoms. The Morgan fingerprint density at radius 2 is 1.75 bits per heavy atom. The maximum absolute atomic E-state index is 12.4. The fraction of sp³-hybridized carbons (Fsp3) is 0.179. The van der Waals surface area contributed by atoms with Crippen molar-refractivity contribution in [2.75, 3.05) is 7.11 Å². The van der Waals surface area contributed by atoms with E-state index in [4.69, 9.17) is 4.74 Å². The van der Waals surface area contributed by atoms with Crippen LogP contribution in [0.2, 0.25) is 0 Å². The summed E-state index contributed by atoms with van der Waals surface area (Å²) in [4.78, 5) is 12.4. The number of carbonyl (C=O) groups is 1. The first kappa shape index (κ1) is 21.1. The van der Waals surface area contributed by atoms with Gasteiger partial charge in [0.05, 0.1) is 30.4 Å². The standard InChI is InChI=1S/C28H22N2O2/c1-32-25-10-12-26(23(16-25)9-13-28(31)20-5-3-6-20)22-8-11-27(24(15-22)18-30)21-7-2-4-19(14-21)17-29/h2,4,7-16,20H,3,5-6H2,1H3/b13-9+. The van der Waals surface area contributed by atoms with Crippen molar-refractivity contribution in [3.8, 4) is 40.1 Å². The van der Waals surface area contributed by atoms with Crippen molar-refractivity contribution < 1.29 is 9.53 Å². The number of ketones is 1. The Hall–Kier alpha value is -4.15. The predicted octanol–water partition coefficient (Wildman–Crippen LogP) is 6.15. The van der Waals surface area contributed by atoms with Gasteiger partial charge in [0.1, 0.15) is 5.75 Å². The molecule has 0 radical (unpaired) electrons. The fourth-order valence-corrected chi connectivity index (χ4v) is 3.88. The second-order valence-corrected chi connectivity index (χ2v) is 7.88. The highest BCUT2D eigenvalue weighted by molar-refractivity contribution is 5.97. The van der Waals surface area contributed by atoms with Gasteiger partial charge in [-0.3, -0.25) is 4.79 Å². The number of hydrogen-bond acceptors (Lipinski definition) is 4. The van der Waals surface area contributed by atoms with Crippen molar-refractivity contribution in [2.24, 2.45) is 5.92 Å². The van der Waals surface area contributed by atoms with Crippen molar-refractivity contribution in [3.63, 3.8) is 0 Å². The van der Waals surface area contributed by atoms with Crippen LogP contribution in [-0.2, 0) is 4.79 Å². The number of nitrogens with zero attached hydrogens (tertiary/aromatic N) is 2. The van der Waals surface area contributed by atoms with Gasteiger partial charge >= 0.3 is 0 Å². The quantitative estimate of drug-likeness (QED) is 0.450. The van der Waals surface area contributed by atoms with Crippen LogP contribution in [0, 0.1) is 28.6 Å². The third-order valence-electron chi connectivity index (χ3n) is 5.95. The average Bonchev–Trinajstić information content (AvgIpc) is 2.81. The molecule has 1 saturated carbocycles. The van der Waals surface area contributed by atoms with E-state index in [0.29, 0.717) is 16.9 Å². The molecule has 1 aliphatic carbocycles. The van der Waals surface area contributed by atoms with Gasteiger partial charge in [0.15, 0.2) is 5.78 Å². The SMILES string of the molecule is COc1ccc(-c2ccc(-c3cccc(C#N)c3)c(C#N)c2)c(/C=C/C(=O)C2CCC2)c1. The lowest BCUT2D eigenvalue weighted by Crippen LogP contribution is -2.19. The minimum absolute atomic E-state index is 0.147. The van der Waals surface area contributed by atoms with Gasteiger partial charge in [-0.15, -0.1) is 0 Å².